The van der Waals surface area contributed by atoms with E-state index in [2.05, 4.69) is 24.3 Å². The van der Waals surface area contributed by atoms with Gasteiger partial charge in [0.2, 0.25) is 5.91 Å². The number of carbonyl (C=O) groups excluding carboxylic acids is 1. The van der Waals surface area contributed by atoms with Crippen LogP contribution in [0.4, 0.5) is 10.1 Å². The largest absolute Gasteiger partial charge is 0.326 e. The lowest BCUT2D eigenvalue weighted by molar-refractivity contribution is -0.115. The van der Waals surface area contributed by atoms with Gasteiger partial charge in [-0.2, -0.15) is 5.10 Å². The molecule has 0 fully saturated rings. The van der Waals surface area contributed by atoms with Crippen LogP contribution in [0.15, 0.2) is 24.3 Å². The van der Waals surface area contributed by atoms with Gasteiger partial charge in [0.15, 0.2) is 0 Å². The highest BCUT2D eigenvalue weighted by Gasteiger charge is 2.15. The van der Waals surface area contributed by atoms with Crippen LogP contribution in [0.3, 0.4) is 0 Å². The van der Waals surface area contributed by atoms with Gasteiger partial charge in [-0.15, -0.1) is 0 Å². The summed E-state index contributed by atoms with van der Waals surface area (Å²) in [4.78, 5) is 12.2. The molecule has 0 aliphatic heterocycles. The van der Waals surface area contributed by atoms with Crippen LogP contribution in [-0.2, 0) is 17.8 Å². The van der Waals surface area contributed by atoms with Crippen molar-refractivity contribution in [2.75, 3.05) is 5.32 Å². The first-order chi connectivity index (χ1) is 10.4. The number of nitrogens with zero attached hydrogens (tertiary/aromatic N) is 2. The molecule has 5 heteroatoms. The molecular weight excluding hydrogens is 281 g/mol. The van der Waals surface area contributed by atoms with Gasteiger partial charge in [0.05, 0.1) is 12.1 Å². The maximum Gasteiger partial charge on any atom is 0.228 e. The molecule has 1 N–H and O–H groups in total. The third-order valence-electron chi connectivity index (χ3n) is 3.53. The van der Waals surface area contributed by atoms with Gasteiger partial charge < -0.3 is 5.32 Å². The second-order valence-corrected chi connectivity index (χ2v) is 5.96. The van der Waals surface area contributed by atoms with Crippen molar-refractivity contribution in [2.45, 2.75) is 40.7 Å². The highest BCUT2D eigenvalue weighted by atomic mass is 19.1. The molecule has 0 radical (unpaired) electrons. The minimum absolute atomic E-state index is 0.123. The van der Waals surface area contributed by atoms with Gasteiger partial charge in [0, 0.05) is 23.5 Å². The summed E-state index contributed by atoms with van der Waals surface area (Å²) in [5.74, 6) is 0.0560. The van der Waals surface area contributed by atoms with Crippen molar-refractivity contribution in [2.24, 2.45) is 5.92 Å². The quantitative estimate of drug-likeness (QED) is 0.919. The maximum absolute atomic E-state index is 12.9. The fraction of sp³-hybridized carbons (Fsp3) is 0.412. The van der Waals surface area contributed by atoms with E-state index in [9.17, 15) is 9.18 Å². The zero-order valence-corrected chi connectivity index (χ0v) is 13.5. The van der Waals surface area contributed by atoms with Crippen LogP contribution >= 0.6 is 0 Å². The van der Waals surface area contributed by atoms with Crippen LogP contribution in [0, 0.1) is 25.6 Å². The number of hydrogen-bond donors (Lipinski definition) is 1. The number of amides is 1. The fourth-order valence-electron chi connectivity index (χ4n) is 2.41. The molecule has 2 rings (SSSR count). The summed E-state index contributed by atoms with van der Waals surface area (Å²) in [5, 5.41) is 7.29. The molecule has 0 aliphatic carbocycles. The molecule has 2 aromatic rings. The molecule has 0 bridgehead atoms. The first-order valence-corrected chi connectivity index (χ1v) is 7.45. The third-order valence-corrected chi connectivity index (χ3v) is 3.53. The summed E-state index contributed by atoms with van der Waals surface area (Å²) in [6.45, 7) is 9.02. The molecule has 1 amide bonds. The molecule has 0 aliphatic rings. The first kappa shape index (κ1) is 16.2. The Hall–Kier alpha value is -2.17. The summed E-state index contributed by atoms with van der Waals surface area (Å²) >= 11 is 0. The Bertz CT molecular complexity index is 659. The third kappa shape index (κ3) is 3.93. The predicted octanol–water partition coefficient (Wildman–Crippen LogP) is 3.48. The van der Waals surface area contributed by atoms with E-state index < -0.39 is 0 Å². The Morgan fingerprint density at radius 2 is 1.91 bits per heavy atom. The Morgan fingerprint density at radius 3 is 2.50 bits per heavy atom. The number of rotatable bonds is 5. The summed E-state index contributed by atoms with van der Waals surface area (Å²) in [5.41, 5.74) is 3.46. The highest BCUT2D eigenvalue weighted by molar-refractivity contribution is 5.92. The smallest absolute Gasteiger partial charge is 0.228 e. The molecule has 22 heavy (non-hydrogen) atoms. The average molecular weight is 303 g/mol. The van der Waals surface area contributed by atoms with Crippen molar-refractivity contribution >= 4 is 11.6 Å². The number of nitrogens with one attached hydrogen (secondary N) is 1. The van der Waals surface area contributed by atoms with Crippen LogP contribution < -0.4 is 5.32 Å². The lowest BCUT2D eigenvalue weighted by Crippen LogP contribution is -2.15. The highest BCUT2D eigenvalue weighted by Crippen LogP contribution is 2.16. The predicted molar refractivity (Wildman–Crippen MR) is 85.3 cm³/mol. The lowest BCUT2D eigenvalue weighted by Gasteiger charge is -2.08. The second kappa shape index (κ2) is 6.73. The molecule has 0 spiro atoms. The number of benzene rings is 1. The van der Waals surface area contributed by atoms with Crippen molar-refractivity contribution in [3.63, 3.8) is 0 Å². The van der Waals surface area contributed by atoms with Crippen LogP contribution in [-0.4, -0.2) is 15.7 Å². The van der Waals surface area contributed by atoms with Gasteiger partial charge in [0.1, 0.15) is 5.82 Å². The van der Waals surface area contributed by atoms with Crippen LogP contribution in [0.2, 0.25) is 0 Å². The molecule has 1 heterocycles. The Morgan fingerprint density at radius 1 is 1.27 bits per heavy atom. The fourth-order valence-corrected chi connectivity index (χ4v) is 2.41. The maximum atomic E-state index is 12.9. The summed E-state index contributed by atoms with van der Waals surface area (Å²) in [6, 6.07) is 5.75. The summed E-state index contributed by atoms with van der Waals surface area (Å²) in [7, 11) is 0. The molecule has 4 nitrogen and oxygen atoms in total. The van der Waals surface area contributed by atoms with Gasteiger partial charge in [0.25, 0.3) is 0 Å². The molecule has 0 saturated carbocycles. The SMILES string of the molecule is Cc1nn(CC(C)C)c(C)c1CC(=O)Nc1ccc(F)cc1. The Balaban J connectivity index is 2.08. The van der Waals surface area contributed by atoms with Crippen LogP contribution in [0.1, 0.15) is 30.8 Å². The van der Waals surface area contributed by atoms with Gasteiger partial charge >= 0.3 is 0 Å². The van der Waals surface area contributed by atoms with Crippen molar-refractivity contribution in [3.8, 4) is 0 Å². The minimum Gasteiger partial charge on any atom is -0.326 e. The normalized spacial score (nSPS) is 11.0. The second-order valence-electron chi connectivity index (χ2n) is 5.96. The zero-order valence-electron chi connectivity index (χ0n) is 13.5. The number of aromatic nitrogens is 2. The van der Waals surface area contributed by atoms with Crippen molar-refractivity contribution in [1.29, 1.82) is 0 Å². The van der Waals surface area contributed by atoms with Gasteiger partial charge in [-0.25, -0.2) is 4.39 Å². The Kier molecular flexibility index (Phi) is 4.96. The van der Waals surface area contributed by atoms with E-state index in [0.29, 0.717) is 11.6 Å². The number of carbonyl (C=O) groups is 1. The topological polar surface area (TPSA) is 46.9 Å². The molecule has 1 aromatic heterocycles. The summed E-state index contributed by atoms with van der Waals surface area (Å²) in [6.07, 6.45) is 0.271. The lowest BCUT2D eigenvalue weighted by atomic mass is 10.1. The molecule has 0 saturated heterocycles. The van der Waals surface area contributed by atoms with E-state index in [4.69, 9.17) is 0 Å². The van der Waals surface area contributed by atoms with E-state index in [1.165, 1.54) is 12.1 Å². The number of anilines is 1. The van der Waals surface area contributed by atoms with E-state index in [0.717, 1.165) is 23.5 Å². The molecule has 118 valence electrons. The van der Waals surface area contributed by atoms with E-state index in [1.54, 1.807) is 12.1 Å². The number of halogens is 1. The standard InChI is InChI=1S/C17H22FN3O/c1-11(2)10-21-13(4)16(12(3)20-21)9-17(22)19-15-7-5-14(18)6-8-15/h5-8,11H,9-10H2,1-4H3,(H,19,22). The molecule has 0 atom stereocenters. The van der Waals surface area contributed by atoms with E-state index in [-0.39, 0.29) is 18.1 Å². The monoisotopic (exact) mass is 303 g/mol. The van der Waals surface area contributed by atoms with Gasteiger partial charge in [-0.1, -0.05) is 13.8 Å². The van der Waals surface area contributed by atoms with Gasteiger partial charge in [-0.3, -0.25) is 9.48 Å². The molecular formula is C17H22FN3O. The minimum atomic E-state index is -0.320. The summed E-state index contributed by atoms with van der Waals surface area (Å²) < 4.78 is 14.8. The van der Waals surface area contributed by atoms with Gasteiger partial charge in [-0.05, 0) is 44.0 Å². The molecule has 1 aromatic carbocycles. The zero-order chi connectivity index (χ0) is 16.3. The number of aryl methyl sites for hydroxylation is 1. The average Bonchev–Trinajstić information content (AvgIpc) is 2.68. The van der Waals surface area contributed by atoms with Crippen LogP contribution in [0.25, 0.3) is 0 Å². The van der Waals surface area contributed by atoms with Crippen LogP contribution in [0.5, 0.6) is 0 Å². The van der Waals surface area contributed by atoms with E-state index >= 15 is 0 Å². The van der Waals surface area contributed by atoms with E-state index in [1.807, 2.05) is 18.5 Å². The van der Waals surface area contributed by atoms with Crippen molar-refractivity contribution < 1.29 is 9.18 Å². The Labute approximate surface area is 130 Å². The van der Waals surface area contributed by atoms with Crippen molar-refractivity contribution in [1.82, 2.24) is 9.78 Å². The van der Waals surface area contributed by atoms with Crippen molar-refractivity contribution in [3.05, 3.63) is 47.0 Å². The molecule has 0 unspecified atom stereocenters. The number of hydrogen-bond acceptors (Lipinski definition) is 2. The first-order valence-electron chi connectivity index (χ1n) is 7.45.